The highest BCUT2D eigenvalue weighted by molar-refractivity contribution is 6.04. The number of benzene rings is 1. The van der Waals surface area contributed by atoms with Crippen LogP contribution in [-0.4, -0.2) is 46.7 Å². The lowest BCUT2D eigenvalue weighted by molar-refractivity contribution is -0.120. The van der Waals surface area contributed by atoms with Crippen molar-refractivity contribution >= 4 is 34.8 Å². The Labute approximate surface area is 194 Å². The highest BCUT2D eigenvalue weighted by Crippen LogP contribution is 2.42. The summed E-state index contributed by atoms with van der Waals surface area (Å²) in [4.78, 5) is 26.4. The van der Waals surface area contributed by atoms with E-state index in [1.165, 1.54) is 12.8 Å². The molecule has 3 heterocycles. The molecule has 2 N–H and O–H groups in total. The van der Waals surface area contributed by atoms with Crippen LogP contribution in [-0.2, 0) is 11.2 Å². The van der Waals surface area contributed by atoms with Crippen LogP contribution in [0.4, 0.5) is 23.1 Å². The fraction of sp³-hybridized carbons (Fsp3) is 0.480. The number of carbonyl (C=O) groups excluding carboxylic acids is 1. The zero-order valence-electron chi connectivity index (χ0n) is 19.5. The number of ether oxygens (including phenoxy) is 1. The molecule has 1 aromatic heterocycles. The fourth-order valence-corrected chi connectivity index (χ4v) is 5.35. The van der Waals surface area contributed by atoms with Gasteiger partial charge in [-0.1, -0.05) is 19.8 Å². The number of allylic oxidation sites excluding steroid dienone is 1. The summed E-state index contributed by atoms with van der Waals surface area (Å²) in [5.41, 5.74) is 3.30. The summed E-state index contributed by atoms with van der Waals surface area (Å²) in [6, 6.07) is 3.91. The Balaban J connectivity index is 1.53. The number of aliphatic hydroxyl groups excluding tert-OH is 1. The minimum atomic E-state index is -0.205. The van der Waals surface area contributed by atoms with E-state index >= 15 is 0 Å². The van der Waals surface area contributed by atoms with Gasteiger partial charge in [0.2, 0.25) is 11.9 Å². The van der Waals surface area contributed by atoms with Crippen LogP contribution in [0.15, 0.2) is 24.4 Å². The number of nitrogens with one attached hydrogen (secondary N) is 1. The summed E-state index contributed by atoms with van der Waals surface area (Å²) in [6.45, 7) is 4.45. The first-order valence-corrected chi connectivity index (χ1v) is 11.9. The topological polar surface area (TPSA) is 90.8 Å². The molecule has 174 valence electrons. The number of carbonyl (C=O) groups is 1. The summed E-state index contributed by atoms with van der Waals surface area (Å²) in [5.74, 6) is 2.36. The van der Waals surface area contributed by atoms with Gasteiger partial charge in [0.25, 0.3) is 0 Å². The molecule has 5 rings (SSSR count). The van der Waals surface area contributed by atoms with Gasteiger partial charge >= 0.3 is 0 Å². The standard InChI is InChI=1S/C25H31N5O3/c1-4-19-24(32)29(3)20-14-26-25(28-23(20)30(19)15-8-6-7-9-15)27-18-11-10-16(21(31)5-2)17-12-13-33-22(17)18/h5,10-11,14-15,19,31H,4,6-9,12-13H2,1-3H3,(H,26,27,28)/t19-/m1/s1. The number of likely N-dealkylation sites (N-methyl/N-ethyl adjacent to an activating group) is 1. The molecule has 0 bridgehead atoms. The molecule has 0 radical (unpaired) electrons. The quantitative estimate of drug-likeness (QED) is 0.646. The van der Waals surface area contributed by atoms with Crippen molar-refractivity contribution in [2.45, 2.75) is 64.5 Å². The van der Waals surface area contributed by atoms with Gasteiger partial charge in [-0.05, 0) is 44.4 Å². The molecule has 8 nitrogen and oxygen atoms in total. The molecule has 2 aromatic rings. The number of aromatic nitrogens is 2. The molecule has 33 heavy (non-hydrogen) atoms. The third-order valence-electron chi connectivity index (χ3n) is 7.07. The third-order valence-corrected chi connectivity index (χ3v) is 7.07. The van der Waals surface area contributed by atoms with Crippen LogP contribution in [0.25, 0.3) is 5.76 Å². The summed E-state index contributed by atoms with van der Waals surface area (Å²) in [7, 11) is 1.81. The molecule has 2 aliphatic heterocycles. The van der Waals surface area contributed by atoms with Crippen molar-refractivity contribution in [3.8, 4) is 5.75 Å². The number of hydrogen-bond donors (Lipinski definition) is 2. The van der Waals surface area contributed by atoms with Crippen LogP contribution >= 0.6 is 0 Å². The second kappa shape index (κ2) is 8.57. The Bertz CT molecular complexity index is 1110. The molecule has 1 aromatic carbocycles. The second-order valence-corrected chi connectivity index (χ2v) is 8.94. The van der Waals surface area contributed by atoms with E-state index in [0.717, 1.165) is 59.8 Å². The SMILES string of the molecule is CC=C(O)c1ccc(Nc2ncc3c(n2)N(C2CCCC2)[C@H](CC)C(=O)N3C)c2c1CCO2. The van der Waals surface area contributed by atoms with E-state index in [4.69, 9.17) is 9.72 Å². The van der Waals surface area contributed by atoms with Crippen molar-refractivity contribution in [2.75, 3.05) is 28.8 Å². The number of hydrogen-bond acceptors (Lipinski definition) is 7. The normalized spacial score (nSPS) is 20.6. The maximum atomic E-state index is 13.1. The van der Waals surface area contributed by atoms with Gasteiger partial charge in [-0.25, -0.2) is 4.98 Å². The lowest BCUT2D eigenvalue weighted by Crippen LogP contribution is -2.55. The first-order chi connectivity index (χ1) is 16.0. The minimum Gasteiger partial charge on any atom is -0.508 e. The highest BCUT2D eigenvalue weighted by atomic mass is 16.5. The molecule has 3 aliphatic rings. The van der Waals surface area contributed by atoms with Crippen molar-refractivity contribution in [3.05, 3.63) is 35.5 Å². The number of nitrogens with zero attached hydrogens (tertiary/aromatic N) is 4. The number of rotatable bonds is 5. The van der Waals surface area contributed by atoms with Crippen LogP contribution in [0, 0.1) is 0 Å². The molecular weight excluding hydrogens is 418 g/mol. The molecule has 1 saturated carbocycles. The van der Waals surface area contributed by atoms with Gasteiger partial charge in [-0.3, -0.25) is 4.79 Å². The molecule has 1 amide bonds. The van der Waals surface area contributed by atoms with Crippen LogP contribution in [0.5, 0.6) is 5.75 Å². The van der Waals surface area contributed by atoms with E-state index in [1.807, 2.05) is 19.1 Å². The van der Waals surface area contributed by atoms with E-state index in [1.54, 1.807) is 24.2 Å². The first kappa shape index (κ1) is 21.6. The van der Waals surface area contributed by atoms with Crippen molar-refractivity contribution in [1.82, 2.24) is 9.97 Å². The number of amides is 1. The van der Waals surface area contributed by atoms with E-state index in [-0.39, 0.29) is 17.7 Å². The predicted octanol–water partition coefficient (Wildman–Crippen LogP) is 4.58. The Morgan fingerprint density at radius 1 is 1.33 bits per heavy atom. The van der Waals surface area contributed by atoms with E-state index < -0.39 is 0 Å². The van der Waals surface area contributed by atoms with Gasteiger partial charge in [0.1, 0.15) is 23.2 Å². The van der Waals surface area contributed by atoms with Gasteiger partial charge in [0, 0.05) is 30.6 Å². The highest BCUT2D eigenvalue weighted by Gasteiger charge is 2.41. The zero-order chi connectivity index (χ0) is 23.1. The van der Waals surface area contributed by atoms with E-state index in [9.17, 15) is 9.90 Å². The van der Waals surface area contributed by atoms with Crippen molar-refractivity contribution in [1.29, 1.82) is 0 Å². The largest absolute Gasteiger partial charge is 0.508 e. The maximum Gasteiger partial charge on any atom is 0.249 e. The molecule has 1 atom stereocenters. The van der Waals surface area contributed by atoms with Gasteiger partial charge in [-0.2, -0.15) is 4.98 Å². The summed E-state index contributed by atoms with van der Waals surface area (Å²) < 4.78 is 5.90. The van der Waals surface area contributed by atoms with Gasteiger partial charge in [0.05, 0.1) is 18.5 Å². The third kappa shape index (κ3) is 3.57. The Morgan fingerprint density at radius 3 is 2.85 bits per heavy atom. The zero-order valence-corrected chi connectivity index (χ0v) is 19.5. The first-order valence-electron chi connectivity index (χ1n) is 11.9. The molecule has 8 heteroatoms. The van der Waals surface area contributed by atoms with Gasteiger partial charge < -0.3 is 25.0 Å². The number of anilines is 4. The molecule has 1 fully saturated rings. The summed E-state index contributed by atoms with van der Waals surface area (Å²) in [5, 5.41) is 13.6. The molecular formula is C25H31N5O3. The van der Waals surface area contributed by atoms with Crippen LogP contribution in [0.1, 0.15) is 57.1 Å². The number of aliphatic hydroxyl groups is 1. The van der Waals surface area contributed by atoms with Crippen molar-refractivity contribution in [2.24, 2.45) is 0 Å². The Kier molecular flexibility index (Phi) is 5.60. The summed E-state index contributed by atoms with van der Waals surface area (Å²) in [6.07, 6.45) is 9.43. The monoisotopic (exact) mass is 449 g/mol. The molecule has 0 spiro atoms. The smallest absolute Gasteiger partial charge is 0.249 e. The lowest BCUT2D eigenvalue weighted by atomic mass is 10.0. The van der Waals surface area contributed by atoms with Crippen LogP contribution < -0.4 is 19.9 Å². The van der Waals surface area contributed by atoms with E-state index in [2.05, 4.69) is 22.1 Å². The fourth-order valence-electron chi connectivity index (χ4n) is 5.35. The Morgan fingerprint density at radius 2 is 2.12 bits per heavy atom. The molecule has 0 saturated heterocycles. The predicted molar refractivity (Wildman–Crippen MR) is 129 cm³/mol. The van der Waals surface area contributed by atoms with Crippen molar-refractivity contribution in [3.63, 3.8) is 0 Å². The van der Waals surface area contributed by atoms with Crippen LogP contribution in [0.3, 0.4) is 0 Å². The lowest BCUT2D eigenvalue weighted by Gasteiger charge is -2.43. The average Bonchev–Trinajstić information content (AvgIpc) is 3.53. The summed E-state index contributed by atoms with van der Waals surface area (Å²) >= 11 is 0. The molecule has 1 aliphatic carbocycles. The van der Waals surface area contributed by atoms with Gasteiger partial charge in [0.15, 0.2) is 5.82 Å². The second-order valence-electron chi connectivity index (χ2n) is 8.94. The maximum absolute atomic E-state index is 13.1. The van der Waals surface area contributed by atoms with E-state index in [0.29, 0.717) is 18.6 Å². The average molecular weight is 450 g/mol. The van der Waals surface area contributed by atoms with Crippen LogP contribution in [0.2, 0.25) is 0 Å². The van der Waals surface area contributed by atoms with Gasteiger partial charge in [-0.15, -0.1) is 0 Å². The number of fused-ring (bicyclic) bond motifs is 2. The Hall–Kier alpha value is -3.29. The minimum absolute atomic E-state index is 0.104. The molecule has 0 unspecified atom stereocenters. The van der Waals surface area contributed by atoms with Crippen molar-refractivity contribution < 1.29 is 14.6 Å².